The van der Waals surface area contributed by atoms with Crippen LogP contribution in [0, 0.1) is 0 Å². The Morgan fingerprint density at radius 3 is 2.62 bits per heavy atom. The van der Waals surface area contributed by atoms with Gasteiger partial charge in [-0.25, -0.2) is 4.98 Å². The molecule has 0 bridgehead atoms. The predicted molar refractivity (Wildman–Crippen MR) is 96.2 cm³/mol. The Bertz CT molecular complexity index is 634. The lowest BCUT2D eigenvalue weighted by molar-refractivity contribution is 0.255. The number of pyridine rings is 1. The number of halogens is 1. The molecular formula is C15H23IN2O2Si. The predicted octanol–water partition coefficient (Wildman–Crippen LogP) is 4.28. The van der Waals surface area contributed by atoms with E-state index in [1.54, 1.807) is 0 Å². The fourth-order valence-corrected chi connectivity index (χ4v) is 5.46. The molecule has 2 aromatic heterocycles. The molecule has 2 aromatic rings. The van der Waals surface area contributed by atoms with E-state index in [0.717, 1.165) is 11.3 Å². The zero-order valence-electron chi connectivity index (χ0n) is 13.2. The van der Waals surface area contributed by atoms with Crippen LogP contribution in [-0.2, 0) is 11.0 Å². The van der Waals surface area contributed by atoms with Crippen LogP contribution >= 0.6 is 22.6 Å². The molecule has 1 atom stereocenters. The van der Waals surface area contributed by atoms with E-state index in [-0.39, 0.29) is 15.8 Å². The molecule has 2 rings (SSSR count). The van der Waals surface area contributed by atoms with Gasteiger partial charge in [0.2, 0.25) is 0 Å². The largest absolute Gasteiger partial charge is 0.400 e. The van der Waals surface area contributed by atoms with Crippen LogP contribution in [0.25, 0.3) is 5.65 Å². The van der Waals surface area contributed by atoms with E-state index in [1.165, 1.54) is 0 Å². The van der Waals surface area contributed by atoms with E-state index in [1.807, 2.05) is 28.8 Å². The van der Waals surface area contributed by atoms with Crippen molar-refractivity contribution < 1.29 is 9.53 Å². The molecule has 0 aliphatic rings. The lowest BCUT2D eigenvalue weighted by Crippen LogP contribution is -2.41. The maximum absolute atomic E-state index is 9.60. The molecule has 0 aliphatic heterocycles. The van der Waals surface area contributed by atoms with E-state index < -0.39 is 8.32 Å². The van der Waals surface area contributed by atoms with Crippen molar-refractivity contribution in [1.82, 2.24) is 9.38 Å². The van der Waals surface area contributed by atoms with E-state index >= 15 is 0 Å². The van der Waals surface area contributed by atoms with E-state index in [0.29, 0.717) is 5.69 Å². The SMILES string of the molecule is CC(C)(C)[Si](C)(C)OC(I)c1c(CO)nc2ccccn12. The van der Waals surface area contributed by atoms with Gasteiger partial charge in [-0.1, -0.05) is 26.8 Å². The van der Waals surface area contributed by atoms with Gasteiger partial charge < -0.3 is 13.9 Å². The number of alkyl halides is 1. The van der Waals surface area contributed by atoms with Crippen molar-refractivity contribution in [3.63, 3.8) is 0 Å². The smallest absolute Gasteiger partial charge is 0.194 e. The Labute approximate surface area is 140 Å². The summed E-state index contributed by atoms with van der Waals surface area (Å²) in [5.74, 6) is 0. The van der Waals surface area contributed by atoms with Gasteiger partial charge in [-0.3, -0.25) is 0 Å². The van der Waals surface area contributed by atoms with Crippen LogP contribution in [0.4, 0.5) is 0 Å². The van der Waals surface area contributed by atoms with Gasteiger partial charge in [0.1, 0.15) is 9.76 Å². The second kappa shape index (κ2) is 5.98. The number of nitrogens with zero attached hydrogens (tertiary/aromatic N) is 2. The average Bonchev–Trinajstić information content (AvgIpc) is 2.75. The van der Waals surface area contributed by atoms with Gasteiger partial charge in [0.25, 0.3) is 0 Å². The summed E-state index contributed by atoms with van der Waals surface area (Å²) < 4.78 is 8.34. The van der Waals surface area contributed by atoms with Crippen LogP contribution in [-0.4, -0.2) is 22.8 Å². The van der Waals surface area contributed by atoms with Gasteiger partial charge in [0.15, 0.2) is 8.32 Å². The summed E-state index contributed by atoms with van der Waals surface area (Å²) in [6, 6.07) is 5.86. The lowest BCUT2D eigenvalue weighted by Gasteiger charge is -2.37. The van der Waals surface area contributed by atoms with Gasteiger partial charge in [0, 0.05) is 6.20 Å². The molecule has 116 valence electrons. The number of imidazole rings is 1. The highest BCUT2D eigenvalue weighted by Crippen LogP contribution is 2.42. The fourth-order valence-electron chi connectivity index (χ4n) is 1.91. The molecule has 2 heterocycles. The van der Waals surface area contributed by atoms with Crippen molar-refractivity contribution in [2.75, 3.05) is 0 Å². The third kappa shape index (κ3) is 3.33. The molecule has 4 nitrogen and oxygen atoms in total. The van der Waals surface area contributed by atoms with E-state index in [2.05, 4.69) is 61.4 Å². The molecule has 0 saturated carbocycles. The summed E-state index contributed by atoms with van der Waals surface area (Å²) in [4.78, 5) is 4.49. The maximum Gasteiger partial charge on any atom is 0.194 e. The van der Waals surface area contributed by atoms with Crippen LogP contribution in [0.1, 0.15) is 36.3 Å². The summed E-state index contributed by atoms with van der Waals surface area (Å²) in [5, 5.41) is 9.75. The zero-order chi connectivity index (χ0) is 15.8. The number of rotatable bonds is 4. The molecule has 0 fully saturated rings. The van der Waals surface area contributed by atoms with Crippen molar-refractivity contribution in [3.8, 4) is 0 Å². The maximum atomic E-state index is 9.60. The Kier molecular flexibility index (Phi) is 4.82. The molecule has 0 saturated heterocycles. The first-order valence-electron chi connectivity index (χ1n) is 7.06. The quantitative estimate of drug-likeness (QED) is 0.458. The number of fused-ring (bicyclic) bond motifs is 1. The number of aliphatic hydroxyl groups is 1. The Morgan fingerprint density at radius 2 is 2.05 bits per heavy atom. The van der Waals surface area contributed by atoms with Crippen molar-refractivity contribution >= 4 is 36.6 Å². The second-order valence-corrected chi connectivity index (χ2v) is 12.6. The summed E-state index contributed by atoms with van der Waals surface area (Å²) in [5.41, 5.74) is 2.48. The molecule has 1 N–H and O–H groups in total. The molecule has 0 aliphatic carbocycles. The topological polar surface area (TPSA) is 46.8 Å². The summed E-state index contributed by atoms with van der Waals surface area (Å²) >= 11 is 2.31. The van der Waals surface area contributed by atoms with Crippen molar-refractivity contribution in [1.29, 1.82) is 0 Å². The normalized spacial score (nSPS) is 14.6. The zero-order valence-corrected chi connectivity index (χ0v) is 16.4. The van der Waals surface area contributed by atoms with Crippen molar-refractivity contribution in [3.05, 3.63) is 35.8 Å². The minimum absolute atomic E-state index is 0.0720. The molecule has 0 amide bonds. The monoisotopic (exact) mass is 418 g/mol. The number of hydrogen-bond donors (Lipinski definition) is 1. The van der Waals surface area contributed by atoms with E-state index in [4.69, 9.17) is 4.43 Å². The number of aliphatic hydroxyl groups excluding tert-OH is 1. The standard InChI is InChI=1S/C15H23IN2O2Si/c1-15(2,3)21(4,5)20-14(16)13-11(10-19)17-12-8-6-7-9-18(12)13/h6-9,14,19H,10H2,1-5H3. The van der Waals surface area contributed by atoms with Gasteiger partial charge in [-0.05, 0) is 52.9 Å². The van der Waals surface area contributed by atoms with Crippen LogP contribution < -0.4 is 0 Å². The molecule has 0 radical (unpaired) electrons. The second-order valence-electron chi connectivity index (χ2n) is 6.72. The first kappa shape index (κ1) is 16.9. The number of hydrogen-bond acceptors (Lipinski definition) is 3. The average molecular weight is 418 g/mol. The summed E-state index contributed by atoms with van der Waals surface area (Å²) in [7, 11) is -1.88. The third-order valence-corrected chi connectivity index (χ3v) is 9.97. The van der Waals surface area contributed by atoms with Crippen molar-refractivity contribution in [2.24, 2.45) is 0 Å². The minimum atomic E-state index is -1.88. The molecule has 0 spiro atoms. The Balaban J connectivity index is 2.42. The van der Waals surface area contributed by atoms with Gasteiger partial charge >= 0.3 is 0 Å². The van der Waals surface area contributed by atoms with Gasteiger partial charge in [-0.15, -0.1) is 0 Å². The highest BCUT2D eigenvalue weighted by Gasteiger charge is 2.39. The lowest BCUT2D eigenvalue weighted by atomic mass is 10.2. The van der Waals surface area contributed by atoms with Crippen LogP contribution in [0.3, 0.4) is 0 Å². The minimum Gasteiger partial charge on any atom is -0.400 e. The highest BCUT2D eigenvalue weighted by molar-refractivity contribution is 14.1. The molecular weight excluding hydrogens is 395 g/mol. The first-order chi connectivity index (χ1) is 9.67. The van der Waals surface area contributed by atoms with Crippen LogP contribution in [0.2, 0.25) is 18.1 Å². The highest BCUT2D eigenvalue weighted by atomic mass is 127. The van der Waals surface area contributed by atoms with Crippen LogP contribution in [0.5, 0.6) is 0 Å². The third-order valence-electron chi connectivity index (χ3n) is 4.21. The number of aromatic nitrogens is 2. The molecule has 6 heteroatoms. The summed E-state index contributed by atoms with van der Waals surface area (Å²) in [6.45, 7) is 11.1. The Hall–Kier alpha value is -0.443. The molecule has 0 aromatic carbocycles. The fraction of sp³-hybridized carbons (Fsp3) is 0.533. The van der Waals surface area contributed by atoms with Gasteiger partial charge in [0.05, 0.1) is 18.0 Å². The molecule has 1 unspecified atom stereocenters. The van der Waals surface area contributed by atoms with Crippen molar-refractivity contribution in [2.45, 2.75) is 49.6 Å². The summed E-state index contributed by atoms with van der Waals surface area (Å²) in [6.07, 6.45) is 1.97. The first-order valence-corrected chi connectivity index (χ1v) is 11.2. The van der Waals surface area contributed by atoms with Crippen LogP contribution in [0.15, 0.2) is 24.4 Å². The molecule has 21 heavy (non-hydrogen) atoms. The Morgan fingerprint density at radius 1 is 1.38 bits per heavy atom. The van der Waals surface area contributed by atoms with Gasteiger partial charge in [-0.2, -0.15) is 0 Å². The van der Waals surface area contributed by atoms with E-state index in [9.17, 15) is 5.11 Å².